The number of furan rings is 1. The second-order valence-electron chi connectivity index (χ2n) is 2.98. The van der Waals surface area contributed by atoms with E-state index >= 15 is 0 Å². The van der Waals surface area contributed by atoms with Gasteiger partial charge in [0.1, 0.15) is 5.82 Å². The number of fused-ring (bicyclic) bond motifs is 1. The van der Waals surface area contributed by atoms with E-state index in [1.165, 1.54) is 0 Å². The number of H-pyrrole nitrogens is 1. The van der Waals surface area contributed by atoms with Crippen LogP contribution in [-0.4, -0.2) is 9.97 Å². The Morgan fingerprint density at radius 3 is 2.73 bits per heavy atom. The van der Waals surface area contributed by atoms with Crippen LogP contribution < -0.4 is 0 Å². The lowest BCUT2D eigenvalue weighted by Gasteiger charge is -1.98. The Morgan fingerprint density at radius 1 is 1.47 bits per heavy atom. The Bertz CT molecular complexity index is 569. The molecule has 0 saturated heterocycles. The van der Waals surface area contributed by atoms with E-state index in [1.54, 1.807) is 6.92 Å². The number of nitrogens with one attached hydrogen (secondary N) is 1. The monoisotopic (exact) mass is 234 g/mol. The summed E-state index contributed by atoms with van der Waals surface area (Å²) in [5, 5.41) is 0. The molecule has 0 saturated carbocycles. The molecular weight excluding hydrogens is 229 g/mol. The molecule has 0 aromatic carbocycles. The Hall–Kier alpha value is -1.37. The second kappa shape index (κ2) is 3.06. The first-order valence-electron chi connectivity index (χ1n) is 3.95. The predicted octanol–water partition coefficient (Wildman–Crippen LogP) is 3.21. The van der Waals surface area contributed by atoms with Gasteiger partial charge in [-0.2, -0.15) is 13.2 Å². The molecule has 0 atom stereocenters. The number of aromatic nitrogens is 2. The molecule has 0 aliphatic carbocycles. The van der Waals surface area contributed by atoms with Gasteiger partial charge in [0.15, 0.2) is 10.2 Å². The van der Waals surface area contributed by atoms with E-state index in [0.717, 1.165) is 6.07 Å². The molecule has 0 aliphatic heterocycles. The fraction of sp³-hybridized carbons (Fsp3) is 0.250. The van der Waals surface area contributed by atoms with Gasteiger partial charge >= 0.3 is 6.18 Å². The first-order valence-corrected chi connectivity index (χ1v) is 4.36. The third kappa shape index (κ3) is 1.74. The van der Waals surface area contributed by atoms with Crippen LogP contribution in [0.5, 0.6) is 0 Å². The van der Waals surface area contributed by atoms with E-state index in [9.17, 15) is 13.2 Å². The van der Waals surface area contributed by atoms with Crippen molar-refractivity contribution < 1.29 is 17.6 Å². The van der Waals surface area contributed by atoms with Crippen LogP contribution in [-0.2, 0) is 6.18 Å². The summed E-state index contributed by atoms with van der Waals surface area (Å²) in [5.74, 6) is -0.630. The molecule has 15 heavy (non-hydrogen) atoms. The highest BCUT2D eigenvalue weighted by Crippen LogP contribution is 2.33. The smallest absolute Gasteiger partial charge is 0.447 e. The molecule has 0 fully saturated rings. The fourth-order valence-corrected chi connectivity index (χ4v) is 1.50. The van der Waals surface area contributed by atoms with Crippen LogP contribution in [0.3, 0.4) is 0 Å². The van der Waals surface area contributed by atoms with Crippen molar-refractivity contribution in [1.82, 2.24) is 9.97 Å². The maximum Gasteiger partial charge on any atom is 0.449 e. The first-order chi connectivity index (χ1) is 6.88. The molecule has 2 aromatic rings. The van der Waals surface area contributed by atoms with E-state index in [-0.39, 0.29) is 15.7 Å². The van der Waals surface area contributed by atoms with Crippen molar-refractivity contribution in [1.29, 1.82) is 0 Å². The standard InChI is InChI=1S/C8H5F3N2OS/c1-3-12-4-2-5(8(9,10)11)14-6(4)7(15)13-3/h2H,1H3,(H,12,13,15). The molecule has 2 rings (SSSR count). The zero-order valence-corrected chi connectivity index (χ0v) is 8.29. The predicted molar refractivity (Wildman–Crippen MR) is 48.9 cm³/mol. The molecule has 3 nitrogen and oxygen atoms in total. The van der Waals surface area contributed by atoms with Crippen molar-refractivity contribution >= 4 is 23.3 Å². The molecule has 0 amide bonds. The number of nitrogens with zero attached hydrogens (tertiary/aromatic N) is 1. The van der Waals surface area contributed by atoms with Crippen molar-refractivity contribution in [2.75, 3.05) is 0 Å². The van der Waals surface area contributed by atoms with Crippen molar-refractivity contribution in [2.24, 2.45) is 0 Å². The highest BCUT2D eigenvalue weighted by atomic mass is 32.1. The van der Waals surface area contributed by atoms with Crippen LogP contribution in [0.4, 0.5) is 13.2 Å². The normalized spacial score (nSPS) is 12.3. The molecule has 0 radical (unpaired) electrons. The summed E-state index contributed by atoms with van der Waals surface area (Å²) < 4.78 is 41.5. The van der Waals surface area contributed by atoms with Crippen LogP contribution in [0, 0.1) is 11.6 Å². The van der Waals surface area contributed by atoms with Gasteiger partial charge in [-0.15, -0.1) is 0 Å². The van der Waals surface area contributed by atoms with Crippen LogP contribution in [0.15, 0.2) is 10.5 Å². The summed E-state index contributed by atoms with van der Waals surface area (Å²) in [5.41, 5.74) is 0.169. The largest absolute Gasteiger partial charge is 0.449 e. The summed E-state index contributed by atoms with van der Waals surface area (Å²) >= 11 is 4.79. The van der Waals surface area contributed by atoms with Gasteiger partial charge in [0.05, 0.1) is 5.52 Å². The Balaban J connectivity index is 2.77. The van der Waals surface area contributed by atoms with E-state index in [2.05, 4.69) is 14.4 Å². The maximum atomic E-state index is 12.3. The third-order valence-electron chi connectivity index (χ3n) is 1.79. The lowest BCUT2D eigenvalue weighted by Crippen LogP contribution is -2.01. The van der Waals surface area contributed by atoms with Crippen molar-refractivity contribution in [2.45, 2.75) is 13.1 Å². The van der Waals surface area contributed by atoms with Gasteiger partial charge < -0.3 is 9.40 Å². The number of aromatic amines is 1. The van der Waals surface area contributed by atoms with E-state index in [0.29, 0.717) is 5.82 Å². The number of aryl methyl sites for hydroxylation is 1. The molecule has 80 valence electrons. The lowest BCUT2D eigenvalue weighted by molar-refractivity contribution is -0.152. The van der Waals surface area contributed by atoms with Crippen LogP contribution in [0.2, 0.25) is 0 Å². The van der Waals surface area contributed by atoms with Crippen molar-refractivity contribution in [3.8, 4) is 0 Å². The summed E-state index contributed by atoms with van der Waals surface area (Å²) in [4.78, 5) is 6.45. The van der Waals surface area contributed by atoms with Crippen molar-refractivity contribution in [3.05, 3.63) is 22.3 Å². The lowest BCUT2D eigenvalue weighted by atomic mass is 10.4. The first kappa shape index (κ1) is 10.2. The van der Waals surface area contributed by atoms with Crippen molar-refractivity contribution in [3.63, 3.8) is 0 Å². The van der Waals surface area contributed by atoms with Crippen LogP contribution >= 0.6 is 12.2 Å². The molecule has 0 spiro atoms. The SMILES string of the molecule is Cc1nc(=S)c2oc(C(F)(F)F)cc2[nH]1. The fourth-order valence-electron chi connectivity index (χ4n) is 1.21. The number of hydrogen-bond donors (Lipinski definition) is 1. The van der Waals surface area contributed by atoms with Gasteiger partial charge in [0.2, 0.25) is 5.76 Å². The minimum Gasteiger partial charge on any atom is -0.447 e. The van der Waals surface area contributed by atoms with E-state index in [4.69, 9.17) is 12.2 Å². The molecular formula is C8H5F3N2OS. The molecule has 2 aromatic heterocycles. The number of rotatable bonds is 0. The number of halogens is 3. The highest BCUT2D eigenvalue weighted by Gasteiger charge is 2.35. The Morgan fingerprint density at radius 2 is 2.13 bits per heavy atom. The summed E-state index contributed by atoms with van der Waals surface area (Å²) in [6.07, 6.45) is -4.51. The summed E-state index contributed by atoms with van der Waals surface area (Å²) in [7, 11) is 0. The minimum absolute atomic E-state index is 0.0248. The molecule has 0 bridgehead atoms. The molecule has 7 heteroatoms. The van der Waals surface area contributed by atoms with E-state index in [1.807, 2.05) is 0 Å². The van der Waals surface area contributed by atoms with Crippen LogP contribution in [0.25, 0.3) is 11.1 Å². The molecule has 2 heterocycles. The quantitative estimate of drug-likeness (QED) is 0.711. The van der Waals surface area contributed by atoms with Gasteiger partial charge in [-0.3, -0.25) is 0 Å². The Labute approximate surface area is 86.9 Å². The van der Waals surface area contributed by atoms with Gasteiger partial charge in [-0.1, -0.05) is 12.2 Å². The van der Waals surface area contributed by atoms with E-state index < -0.39 is 11.9 Å². The number of alkyl halides is 3. The molecule has 0 aliphatic rings. The Kier molecular flexibility index (Phi) is 2.07. The van der Waals surface area contributed by atoms with Crippen LogP contribution in [0.1, 0.15) is 11.6 Å². The van der Waals surface area contributed by atoms with Gasteiger partial charge in [0.25, 0.3) is 0 Å². The molecule has 1 N–H and O–H groups in total. The molecule has 0 unspecified atom stereocenters. The minimum atomic E-state index is -4.51. The average Bonchev–Trinajstić information content (AvgIpc) is 2.46. The highest BCUT2D eigenvalue weighted by molar-refractivity contribution is 7.71. The third-order valence-corrected chi connectivity index (χ3v) is 2.07. The summed E-state index contributed by atoms with van der Waals surface area (Å²) in [6, 6.07) is 0.875. The second-order valence-corrected chi connectivity index (χ2v) is 3.37. The summed E-state index contributed by atoms with van der Waals surface area (Å²) in [6.45, 7) is 1.61. The van der Waals surface area contributed by atoms with Gasteiger partial charge in [-0.25, -0.2) is 4.98 Å². The van der Waals surface area contributed by atoms with Gasteiger partial charge in [-0.05, 0) is 6.92 Å². The topological polar surface area (TPSA) is 41.8 Å². The maximum absolute atomic E-state index is 12.3. The average molecular weight is 234 g/mol. The number of hydrogen-bond acceptors (Lipinski definition) is 3. The zero-order valence-electron chi connectivity index (χ0n) is 7.47. The zero-order chi connectivity index (χ0) is 11.2. The van der Waals surface area contributed by atoms with Gasteiger partial charge in [0, 0.05) is 6.07 Å².